The number of hydrogen-bond donors (Lipinski definition) is 2. The Bertz CT molecular complexity index is 933. The van der Waals surface area contributed by atoms with Gasteiger partial charge in [-0.15, -0.1) is 0 Å². The van der Waals surface area contributed by atoms with Crippen LogP contribution in [0.3, 0.4) is 0 Å². The lowest BCUT2D eigenvalue weighted by atomic mass is 10.1. The summed E-state index contributed by atoms with van der Waals surface area (Å²) in [5.74, 6) is -0.188. The average Bonchev–Trinajstić information content (AvgIpc) is 3.26. The Morgan fingerprint density at radius 2 is 1.86 bits per heavy atom. The van der Waals surface area contributed by atoms with Crippen molar-refractivity contribution in [2.24, 2.45) is 0 Å². The summed E-state index contributed by atoms with van der Waals surface area (Å²) in [5.41, 5.74) is 4.15. The fourth-order valence-electron chi connectivity index (χ4n) is 3.22. The zero-order valence-corrected chi connectivity index (χ0v) is 16.2. The number of aromatic hydroxyl groups is 1. The van der Waals surface area contributed by atoms with E-state index in [0.29, 0.717) is 11.3 Å². The second kappa shape index (κ2) is 8.56. The van der Waals surface area contributed by atoms with Gasteiger partial charge in [0.25, 0.3) is 5.91 Å². The Morgan fingerprint density at radius 3 is 2.57 bits per heavy atom. The molecule has 0 spiro atoms. The SMILES string of the molecule is O=C(Nc1cc(-c2ccsc2)ccc1O)c1ccc(CN2CCOCC2)cc1. The molecule has 4 rings (SSSR count). The number of ether oxygens (including phenoxy) is 1. The van der Waals surface area contributed by atoms with E-state index in [9.17, 15) is 9.90 Å². The Labute approximate surface area is 168 Å². The summed E-state index contributed by atoms with van der Waals surface area (Å²) >= 11 is 1.61. The second-order valence-electron chi connectivity index (χ2n) is 6.78. The van der Waals surface area contributed by atoms with E-state index >= 15 is 0 Å². The van der Waals surface area contributed by atoms with Crippen molar-refractivity contribution in [1.82, 2.24) is 4.90 Å². The molecule has 0 unspecified atom stereocenters. The molecule has 144 valence electrons. The monoisotopic (exact) mass is 394 g/mol. The number of carbonyl (C=O) groups excluding carboxylic acids is 1. The maximum Gasteiger partial charge on any atom is 0.255 e. The quantitative estimate of drug-likeness (QED) is 0.637. The van der Waals surface area contributed by atoms with Gasteiger partial charge in [-0.25, -0.2) is 0 Å². The highest BCUT2D eigenvalue weighted by Crippen LogP contribution is 2.31. The number of nitrogens with one attached hydrogen (secondary N) is 1. The van der Waals surface area contributed by atoms with Crippen LogP contribution in [-0.2, 0) is 11.3 Å². The van der Waals surface area contributed by atoms with Crippen LogP contribution in [0, 0.1) is 0 Å². The number of carbonyl (C=O) groups is 1. The van der Waals surface area contributed by atoms with Crippen LogP contribution >= 0.6 is 11.3 Å². The summed E-state index contributed by atoms with van der Waals surface area (Å²) in [6.45, 7) is 4.27. The fourth-order valence-corrected chi connectivity index (χ4v) is 3.88. The lowest BCUT2D eigenvalue weighted by molar-refractivity contribution is 0.0342. The zero-order chi connectivity index (χ0) is 19.3. The number of nitrogens with zero attached hydrogens (tertiary/aromatic N) is 1. The molecule has 28 heavy (non-hydrogen) atoms. The highest BCUT2D eigenvalue weighted by atomic mass is 32.1. The van der Waals surface area contributed by atoms with E-state index in [1.807, 2.05) is 47.2 Å². The van der Waals surface area contributed by atoms with Crippen LogP contribution in [0.5, 0.6) is 5.75 Å². The topological polar surface area (TPSA) is 61.8 Å². The molecule has 2 heterocycles. The van der Waals surface area contributed by atoms with Gasteiger partial charge in [0.1, 0.15) is 5.75 Å². The van der Waals surface area contributed by atoms with Gasteiger partial charge in [0.2, 0.25) is 0 Å². The van der Waals surface area contributed by atoms with Gasteiger partial charge >= 0.3 is 0 Å². The normalized spacial score (nSPS) is 14.7. The maximum absolute atomic E-state index is 12.6. The third kappa shape index (κ3) is 4.42. The molecule has 1 aliphatic rings. The molecule has 1 amide bonds. The first-order chi connectivity index (χ1) is 13.7. The largest absolute Gasteiger partial charge is 0.506 e. The van der Waals surface area contributed by atoms with E-state index in [0.717, 1.165) is 44.0 Å². The lowest BCUT2D eigenvalue weighted by Gasteiger charge is -2.26. The molecule has 0 radical (unpaired) electrons. The van der Waals surface area contributed by atoms with E-state index in [1.165, 1.54) is 5.56 Å². The van der Waals surface area contributed by atoms with Gasteiger partial charge in [0, 0.05) is 25.2 Å². The molecule has 5 nitrogen and oxygen atoms in total. The molecular formula is C22H22N2O3S. The Kier molecular flexibility index (Phi) is 5.71. The first kappa shape index (κ1) is 18.7. The number of thiophene rings is 1. The van der Waals surface area contributed by atoms with Crippen molar-refractivity contribution in [3.63, 3.8) is 0 Å². The molecule has 1 aromatic heterocycles. The smallest absolute Gasteiger partial charge is 0.255 e. The van der Waals surface area contributed by atoms with Gasteiger partial charge in [-0.05, 0) is 57.8 Å². The maximum atomic E-state index is 12.6. The summed E-state index contributed by atoms with van der Waals surface area (Å²) in [7, 11) is 0. The molecule has 6 heteroatoms. The third-order valence-corrected chi connectivity index (χ3v) is 5.51. The number of phenolic OH excluding ortho intramolecular Hbond substituents is 1. The van der Waals surface area contributed by atoms with Gasteiger partial charge < -0.3 is 15.2 Å². The van der Waals surface area contributed by atoms with Gasteiger partial charge in [-0.1, -0.05) is 18.2 Å². The number of anilines is 1. The highest BCUT2D eigenvalue weighted by molar-refractivity contribution is 7.08. The molecule has 0 bridgehead atoms. The minimum atomic E-state index is -0.240. The molecule has 1 fully saturated rings. The number of morpholine rings is 1. The van der Waals surface area contributed by atoms with Crippen molar-refractivity contribution >= 4 is 22.9 Å². The Morgan fingerprint density at radius 1 is 1.07 bits per heavy atom. The highest BCUT2D eigenvalue weighted by Gasteiger charge is 2.13. The first-order valence-electron chi connectivity index (χ1n) is 9.25. The van der Waals surface area contributed by atoms with Crippen molar-refractivity contribution in [3.05, 3.63) is 70.4 Å². The van der Waals surface area contributed by atoms with Crippen molar-refractivity contribution in [1.29, 1.82) is 0 Å². The summed E-state index contributed by atoms with van der Waals surface area (Å²) in [6, 6.07) is 14.9. The number of rotatable bonds is 5. The fraction of sp³-hybridized carbons (Fsp3) is 0.227. The summed E-state index contributed by atoms with van der Waals surface area (Å²) < 4.78 is 5.37. The van der Waals surface area contributed by atoms with Gasteiger partial charge in [0.15, 0.2) is 0 Å². The second-order valence-corrected chi connectivity index (χ2v) is 7.56. The molecule has 0 atom stereocenters. The molecule has 1 saturated heterocycles. The standard InChI is InChI=1S/C22H22N2O3S/c25-21-6-5-18(19-7-12-28-15-19)13-20(21)23-22(26)17-3-1-16(2-4-17)14-24-8-10-27-11-9-24/h1-7,12-13,15,25H,8-11,14H2,(H,23,26). The van der Waals surface area contributed by atoms with Crippen molar-refractivity contribution in [2.75, 3.05) is 31.6 Å². The van der Waals surface area contributed by atoms with Gasteiger partial charge in [-0.2, -0.15) is 11.3 Å². The van der Waals surface area contributed by atoms with Crippen molar-refractivity contribution < 1.29 is 14.6 Å². The summed E-state index contributed by atoms with van der Waals surface area (Å²) in [5, 5.41) is 17.0. The lowest BCUT2D eigenvalue weighted by Crippen LogP contribution is -2.35. The minimum absolute atomic E-state index is 0.0521. The van der Waals surface area contributed by atoms with E-state index in [1.54, 1.807) is 23.5 Å². The van der Waals surface area contributed by atoms with Crippen molar-refractivity contribution in [2.45, 2.75) is 6.54 Å². The predicted octanol–water partition coefficient (Wildman–Crippen LogP) is 4.21. The van der Waals surface area contributed by atoms with Crippen LogP contribution < -0.4 is 5.32 Å². The summed E-state index contributed by atoms with van der Waals surface area (Å²) in [4.78, 5) is 15.0. The average molecular weight is 394 g/mol. The van der Waals surface area contributed by atoms with E-state index in [-0.39, 0.29) is 11.7 Å². The van der Waals surface area contributed by atoms with Crippen LogP contribution in [0.4, 0.5) is 5.69 Å². The molecular weight excluding hydrogens is 372 g/mol. The number of phenols is 1. The van der Waals surface area contributed by atoms with Crippen LogP contribution in [0.2, 0.25) is 0 Å². The van der Waals surface area contributed by atoms with Gasteiger partial charge in [-0.3, -0.25) is 9.69 Å². The van der Waals surface area contributed by atoms with E-state index < -0.39 is 0 Å². The molecule has 2 N–H and O–H groups in total. The Balaban J connectivity index is 1.44. The molecule has 3 aromatic rings. The van der Waals surface area contributed by atoms with Crippen LogP contribution in [0.25, 0.3) is 11.1 Å². The number of amides is 1. The van der Waals surface area contributed by atoms with Crippen LogP contribution in [-0.4, -0.2) is 42.2 Å². The van der Waals surface area contributed by atoms with E-state index in [4.69, 9.17) is 4.74 Å². The van der Waals surface area contributed by atoms with Crippen LogP contribution in [0.1, 0.15) is 15.9 Å². The first-order valence-corrected chi connectivity index (χ1v) is 10.2. The molecule has 0 saturated carbocycles. The molecule has 0 aliphatic carbocycles. The third-order valence-electron chi connectivity index (χ3n) is 4.83. The minimum Gasteiger partial charge on any atom is -0.506 e. The van der Waals surface area contributed by atoms with Crippen LogP contribution in [0.15, 0.2) is 59.3 Å². The van der Waals surface area contributed by atoms with Crippen molar-refractivity contribution in [3.8, 4) is 16.9 Å². The van der Waals surface area contributed by atoms with Gasteiger partial charge in [0.05, 0.1) is 18.9 Å². The number of benzene rings is 2. The zero-order valence-electron chi connectivity index (χ0n) is 15.4. The Hall–Kier alpha value is -2.67. The summed E-state index contributed by atoms with van der Waals surface area (Å²) in [6.07, 6.45) is 0. The van der Waals surface area contributed by atoms with E-state index in [2.05, 4.69) is 10.2 Å². The number of hydrogen-bond acceptors (Lipinski definition) is 5. The molecule has 2 aromatic carbocycles. The predicted molar refractivity (Wildman–Crippen MR) is 112 cm³/mol. The molecule has 1 aliphatic heterocycles.